The molecule has 1 heterocycles. The van der Waals surface area contributed by atoms with Gasteiger partial charge in [0, 0.05) is 42.0 Å². The maximum absolute atomic E-state index is 12.1. The standard InChI is InChI=1S/C21H20ClN3O3/c22-17-9-4-8-16(14-17)18(26)11-12-19(27)23-13-5-10-20-24-21(25-28-20)15-6-2-1-3-7-15/h1-4,6-9,14H,5,10-13H2,(H,23,27). The van der Waals surface area contributed by atoms with Gasteiger partial charge in [0.2, 0.25) is 17.6 Å². The minimum Gasteiger partial charge on any atom is -0.356 e. The normalized spacial score (nSPS) is 10.6. The summed E-state index contributed by atoms with van der Waals surface area (Å²) in [6.45, 7) is 0.479. The summed E-state index contributed by atoms with van der Waals surface area (Å²) >= 11 is 5.87. The number of carbonyl (C=O) groups excluding carboxylic acids is 2. The topological polar surface area (TPSA) is 85.1 Å². The fourth-order valence-corrected chi connectivity index (χ4v) is 2.84. The van der Waals surface area contributed by atoms with E-state index in [2.05, 4.69) is 15.5 Å². The number of rotatable bonds is 9. The number of hydrogen-bond donors (Lipinski definition) is 1. The van der Waals surface area contributed by atoms with Gasteiger partial charge in [-0.2, -0.15) is 4.98 Å². The van der Waals surface area contributed by atoms with Crippen LogP contribution in [0.3, 0.4) is 0 Å². The molecule has 0 atom stereocenters. The van der Waals surface area contributed by atoms with Gasteiger partial charge in [0.05, 0.1) is 0 Å². The summed E-state index contributed by atoms with van der Waals surface area (Å²) in [5.74, 6) is 0.825. The molecule has 3 aromatic rings. The molecule has 1 amide bonds. The average Bonchev–Trinajstić information content (AvgIpc) is 3.19. The molecule has 7 heteroatoms. The van der Waals surface area contributed by atoms with Crippen molar-refractivity contribution in [1.29, 1.82) is 0 Å². The highest BCUT2D eigenvalue weighted by molar-refractivity contribution is 6.31. The Bertz CT molecular complexity index is 941. The summed E-state index contributed by atoms with van der Waals surface area (Å²) in [5.41, 5.74) is 1.42. The predicted octanol–water partition coefficient (Wildman–Crippen LogP) is 4.10. The largest absolute Gasteiger partial charge is 0.356 e. The number of nitrogens with zero attached hydrogens (tertiary/aromatic N) is 2. The fraction of sp³-hybridized carbons (Fsp3) is 0.238. The summed E-state index contributed by atoms with van der Waals surface area (Å²) < 4.78 is 5.23. The van der Waals surface area contributed by atoms with Crippen LogP contribution in [0.15, 0.2) is 59.1 Å². The number of aryl methyl sites for hydroxylation is 1. The van der Waals surface area contributed by atoms with E-state index in [4.69, 9.17) is 16.1 Å². The molecule has 144 valence electrons. The number of carbonyl (C=O) groups is 2. The number of hydrogen-bond acceptors (Lipinski definition) is 5. The second-order valence-electron chi connectivity index (χ2n) is 6.26. The first kappa shape index (κ1) is 19.8. The van der Waals surface area contributed by atoms with Crippen molar-refractivity contribution in [3.63, 3.8) is 0 Å². The van der Waals surface area contributed by atoms with Crippen LogP contribution >= 0.6 is 11.6 Å². The highest BCUT2D eigenvalue weighted by atomic mass is 35.5. The smallest absolute Gasteiger partial charge is 0.227 e. The van der Waals surface area contributed by atoms with Gasteiger partial charge >= 0.3 is 0 Å². The van der Waals surface area contributed by atoms with Gasteiger partial charge in [-0.15, -0.1) is 0 Å². The lowest BCUT2D eigenvalue weighted by Gasteiger charge is -2.04. The first-order valence-electron chi connectivity index (χ1n) is 9.05. The van der Waals surface area contributed by atoms with E-state index in [0.717, 1.165) is 5.56 Å². The highest BCUT2D eigenvalue weighted by Crippen LogP contribution is 2.15. The van der Waals surface area contributed by atoms with Crippen LogP contribution in [-0.4, -0.2) is 28.4 Å². The quantitative estimate of drug-likeness (QED) is 0.434. The number of Topliss-reactive ketones (excluding diaryl/α,β-unsaturated/α-hetero) is 1. The molecule has 28 heavy (non-hydrogen) atoms. The van der Waals surface area contributed by atoms with Crippen molar-refractivity contribution in [2.75, 3.05) is 6.54 Å². The molecule has 0 aliphatic heterocycles. The van der Waals surface area contributed by atoms with Gasteiger partial charge < -0.3 is 9.84 Å². The third kappa shape index (κ3) is 5.76. The third-order valence-corrected chi connectivity index (χ3v) is 4.35. The number of ketones is 1. The van der Waals surface area contributed by atoms with Crippen molar-refractivity contribution < 1.29 is 14.1 Å². The van der Waals surface area contributed by atoms with Crippen LogP contribution in [-0.2, 0) is 11.2 Å². The van der Waals surface area contributed by atoms with E-state index in [0.29, 0.717) is 41.7 Å². The van der Waals surface area contributed by atoms with Gasteiger partial charge in [-0.1, -0.05) is 59.2 Å². The second kappa shape index (κ2) is 9.80. The molecule has 0 spiro atoms. The SMILES string of the molecule is O=C(CCC(=O)c1cccc(Cl)c1)NCCCc1nc(-c2ccccc2)no1. The Kier molecular flexibility index (Phi) is 6.92. The molecule has 0 fully saturated rings. The Labute approximate surface area is 167 Å². The van der Waals surface area contributed by atoms with Crippen LogP contribution in [0.4, 0.5) is 0 Å². The molecule has 0 aliphatic rings. The van der Waals surface area contributed by atoms with Gasteiger partial charge in [0.1, 0.15) is 0 Å². The van der Waals surface area contributed by atoms with Crippen LogP contribution in [0.2, 0.25) is 5.02 Å². The Morgan fingerprint density at radius 2 is 1.86 bits per heavy atom. The molecule has 0 unspecified atom stereocenters. The zero-order chi connectivity index (χ0) is 19.8. The summed E-state index contributed by atoms with van der Waals surface area (Å²) in [6, 6.07) is 16.3. The molecule has 2 aromatic carbocycles. The van der Waals surface area contributed by atoms with Crippen molar-refractivity contribution in [2.45, 2.75) is 25.7 Å². The van der Waals surface area contributed by atoms with E-state index < -0.39 is 0 Å². The summed E-state index contributed by atoms with van der Waals surface area (Å²) in [4.78, 5) is 28.3. The average molecular weight is 398 g/mol. The lowest BCUT2D eigenvalue weighted by Crippen LogP contribution is -2.25. The van der Waals surface area contributed by atoms with Gasteiger partial charge in [0.15, 0.2) is 5.78 Å². The van der Waals surface area contributed by atoms with Gasteiger partial charge in [0.25, 0.3) is 0 Å². The Hall–Kier alpha value is -2.99. The molecule has 0 aliphatic carbocycles. The van der Waals surface area contributed by atoms with Crippen molar-refractivity contribution in [2.24, 2.45) is 0 Å². The maximum Gasteiger partial charge on any atom is 0.227 e. The van der Waals surface area contributed by atoms with Crippen molar-refractivity contribution in [1.82, 2.24) is 15.5 Å². The lowest BCUT2D eigenvalue weighted by atomic mass is 10.1. The number of amides is 1. The molecular formula is C21H20ClN3O3. The Balaban J connectivity index is 1.36. The van der Waals surface area contributed by atoms with E-state index >= 15 is 0 Å². The second-order valence-corrected chi connectivity index (χ2v) is 6.70. The van der Waals surface area contributed by atoms with Gasteiger partial charge in [-0.25, -0.2) is 0 Å². The van der Waals surface area contributed by atoms with Gasteiger partial charge in [-0.3, -0.25) is 9.59 Å². The van der Waals surface area contributed by atoms with E-state index in [-0.39, 0.29) is 24.5 Å². The highest BCUT2D eigenvalue weighted by Gasteiger charge is 2.11. The van der Waals surface area contributed by atoms with Crippen LogP contribution in [0.25, 0.3) is 11.4 Å². The lowest BCUT2D eigenvalue weighted by molar-refractivity contribution is -0.121. The predicted molar refractivity (Wildman–Crippen MR) is 106 cm³/mol. The first-order chi connectivity index (χ1) is 13.6. The fourth-order valence-electron chi connectivity index (χ4n) is 2.65. The zero-order valence-electron chi connectivity index (χ0n) is 15.2. The van der Waals surface area contributed by atoms with E-state index in [9.17, 15) is 9.59 Å². The molecule has 0 saturated carbocycles. The van der Waals surface area contributed by atoms with E-state index in [1.165, 1.54) is 0 Å². The number of nitrogens with one attached hydrogen (secondary N) is 1. The number of halogens is 1. The Morgan fingerprint density at radius 3 is 2.64 bits per heavy atom. The monoisotopic (exact) mass is 397 g/mol. The molecule has 0 bridgehead atoms. The molecular weight excluding hydrogens is 378 g/mol. The minimum absolute atomic E-state index is 0.100. The minimum atomic E-state index is -0.161. The Morgan fingerprint density at radius 1 is 1.04 bits per heavy atom. The zero-order valence-corrected chi connectivity index (χ0v) is 16.0. The molecule has 1 aromatic heterocycles. The van der Waals surface area contributed by atoms with Crippen LogP contribution in [0.1, 0.15) is 35.5 Å². The summed E-state index contributed by atoms with van der Waals surface area (Å²) in [7, 11) is 0. The summed E-state index contributed by atoms with van der Waals surface area (Å²) in [6.07, 6.45) is 1.53. The van der Waals surface area contributed by atoms with E-state index in [1.54, 1.807) is 24.3 Å². The van der Waals surface area contributed by atoms with Gasteiger partial charge in [-0.05, 0) is 18.6 Å². The molecule has 1 N–H and O–H groups in total. The van der Waals surface area contributed by atoms with Crippen molar-refractivity contribution >= 4 is 23.3 Å². The van der Waals surface area contributed by atoms with Crippen LogP contribution < -0.4 is 5.32 Å². The van der Waals surface area contributed by atoms with Crippen LogP contribution in [0, 0.1) is 0 Å². The van der Waals surface area contributed by atoms with Crippen LogP contribution in [0.5, 0.6) is 0 Å². The third-order valence-electron chi connectivity index (χ3n) is 4.12. The molecule has 0 saturated heterocycles. The first-order valence-corrected chi connectivity index (χ1v) is 9.43. The van der Waals surface area contributed by atoms with Crippen molar-refractivity contribution in [3.8, 4) is 11.4 Å². The molecule has 0 radical (unpaired) electrons. The van der Waals surface area contributed by atoms with Crippen molar-refractivity contribution in [3.05, 3.63) is 71.1 Å². The molecule has 6 nitrogen and oxygen atoms in total. The van der Waals surface area contributed by atoms with E-state index in [1.807, 2.05) is 30.3 Å². The number of aromatic nitrogens is 2. The molecule has 3 rings (SSSR count). The summed E-state index contributed by atoms with van der Waals surface area (Å²) in [5, 5.41) is 7.27. The maximum atomic E-state index is 12.1. The number of benzene rings is 2.